The summed E-state index contributed by atoms with van der Waals surface area (Å²) in [5.41, 5.74) is 5.39. The van der Waals surface area contributed by atoms with Crippen LogP contribution in [0.2, 0.25) is 0 Å². The van der Waals surface area contributed by atoms with Crippen LogP contribution >= 0.6 is 0 Å². The summed E-state index contributed by atoms with van der Waals surface area (Å²) >= 11 is 0. The summed E-state index contributed by atoms with van der Waals surface area (Å²) in [6.45, 7) is 2.88. The zero-order valence-corrected chi connectivity index (χ0v) is 24.5. The summed E-state index contributed by atoms with van der Waals surface area (Å²) in [5, 5.41) is 6.31. The number of hydrogen-bond acceptors (Lipinski definition) is 6. The second-order valence-electron chi connectivity index (χ2n) is 10.8. The van der Waals surface area contributed by atoms with E-state index in [4.69, 9.17) is 14.6 Å². The lowest BCUT2D eigenvalue weighted by molar-refractivity contribution is 0.0601. The molecule has 7 heteroatoms. The first-order chi connectivity index (χ1) is 21.7. The number of aromatic nitrogens is 3. The second kappa shape index (κ2) is 11.8. The van der Waals surface area contributed by atoms with E-state index in [0.29, 0.717) is 18.8 Å². The molecule has 0 spiro atoms. The molecule has 0 unspecified atom stereocenters. The molecule has 1 saturated heterocycles. The third-order valence-corrected chi connectivity index (χ3v) is 8.35. The number of anilines is 1. The van der Waals surface area contributed by atoms with Crippen molar-refractivity contribution in [3.63, 3.8) is 0 Å². The van der Waals surface area contributed by atoms with Gasteiger partial charge < -0.3 is 14.4 Å². The average Bonchev–Trinajstić information content (AvgIpc) is 3.49. The largest absolute Gasteiger partial charge is 0.465 e. The number of esters is 1. The van der Waals surface area contributed by atoms with Crippen molar-refractivity contribution < 1.29 is 14.3 Å². The SMILES string of the molecule is COC(=O)c1ccc2c(c1)c(-c1ccnc(N3CCOCC3)c1)nn2C(c1ccccc1)(c1ccccc1)c1ccccc1. The van der Waals surface area contributed by atoms with Gasteiger partial charge in [-0.05, 0) is 47.0 Å². The van der Waals surface area contributed by atoms with Gasteiger partial charge in [0.2, 0.25) is 0 Å². The minimum absolute atomic E-state index is 0.394. The van der Waals surface area contributed by atoms with Crippen molar-refractivity contribution in [1.82, 2.24) is 14.8 Å². The molecular weight excluding hydrogens is 548 g/mol. The van der Waals surface area contributed by atoms with Crippen LogP contribution in [0.5, 0.6) is 0 Å². The molecule has 0 amide bonds. The molecule has 0 bridgehead atoms. The van der Waals surface area contributed by atoms with Crippen LogP contribution in [0.3, 0.4) is 0 Å². The number of carbonyl (C=O) groups is 1. The number of pyridine rings is 1. The Labute approximate surface area is 256 Å². The predicted molar refractivity (Wildman–Crippen MR) is 172 cm³/mol. The average molecular weight is 581 g/mol. The molecule has 218 valence electrons. The van der Waals surface area contributed by atoms with Crippen LogP contribution in [-0.2, 0) is 15.0 Å². The van der Waals surface area contributed by atoms with E-state index < -0.39 is 11.5 Å². The number of rotatable bonds is 7. The molecule has 7 rings (SSSR count). The van der Waals surface area contributed by atoms with Crippen molar-refractivity contribution >= 4 is 22.7 Å². The minimum atomic E-state index is -0.826. The predicted octanol–water partition coefficient (Wildman–Crippen LogP) is 6.56. The molecule has 2 aromatic heterocycles. The first kappa shape index (κ1) is 27.6. The third-order valence-electron chi connectivity index (χ3n) is 8.35. The molecule has 7 nitrogen and oxygen atoms in total. The Morgan fingerprint density at radius 1 is 0.773 bits per heavy atom. The van der Waals surface area contributed by atoms with Crippen molar-refractivity contribution in [2.45, 2.75) is 5.54 Å². The number of ether oxygens (including phenoxy) is 2. The van der Waals surface area contributed by atoms with Gasteiger partial charge >= 0.3 is 5.97 Å². The smallest absolute Gasteiger partial charge is 0.337 e. The van der Waals surface area contributed by atoms with Gasteiger partial charge in [0.15, 0.2) is 0 Å². The standard InChI is InChI=1S/C37H32N4O3/c1-43-36(42)28-17-18-33-32(25-28)35(27-19-20-38-34(26-27)40-21-23-44-24-22-40)39-41(33)37(29-11-5-2-6-12-29,30-13-7-3-8-14-30)31-15-9-4-10-16-31/h2-20,25-26H,21-24H2,1H3. The lowest BCUT2D eigenvalue weighted by atomic mass is 9.77. The van der Waals surface area contributed by atoms with Crippen molar-refractivity contribution in [1.29, 1.82) is 0 Å². The number of hydrogen-bond donors (Lipinski definition) is 0. The number of carbonyl (C=O) groups excluding carboxylic acids is 1. The fourth-order valence-corrected chi connectivity index (χ4v) is 6.27. The van der Waals surface area contributed by atoms with Crippen molar-refractivity contribution in [3.05, 3.63) is 150 Å². The van der Waals surface area contributed by atoms with E-state index in [0.717, 1.165) is 57.8 Å². The van der Waals surface area contributed by atoms with Gasteiger partial charge in [0.1, 0.15) is 17.1 Å². The molecular formula is C37H32N4O3. The van der Waals surface area contributed by atoms with Crippen LogP contribution in [0.25, 0.3) is 22.2 Å². The summed E-state index contributed by atoms with van der Waals surface area (Å²) in [6.07, 6.45) is 1.83. The third kappa shape index (κ3) is 4.71. The number of nitrogens with zero attached hydrogens (tertiary/aromatic N) is 4. The summed E-state index contributed by atoms with van der Waals surface area (Å²) in [7, 11) is 1.40. The highest BCUT2D eigenvalue weighted by molar-refractivity contribution is 6.00. The Balaban J connectivity index is 1.56. The van der Waals surface area contributed by atoms with Crippen molar-refractivity contribution in [2.75, 3.05) is 38.3 Å². The normalized spacial score (nSPS) is 13.6. The first-order valence-corrected chi connectivity index (χ1v) is 14.8. The molecule has 0 N–H and O–H groups in total. The summed E-state index contributed by atoms with van der Waals surface area (Å²) in [4.78, 5) is 19.7. The monoisotopic (exact) mass is 580 g/mol. The van der Waals surface area contributed by atoms with Gasteiger partial charge in [0.25, 0.3) is 0 Å². The minimum Gasteiger partial charge on any atom is -0.465 e. The molecule has 44 heavy (non-hydrogen) atoms. The summed E-state index contributed by atoms with van der Waals surface area (Å²) in [5.74, 6) is 0.479. The molecule has 4 aromatic carbocycles. The van der Waals surface area contributed by atoms with E-state index in [2.05, 4.69) is 93.4 Å². The Kier molecular flexibility index (Phi) is 7.38. The van der Waals surface area contributed by atoms with Gasteiger partial charge in [0, 0.05) is 30.2 Å². The molecule has 1 aliphatic heterocycles. The van der Waals surface area contributed by atoms with E-state index in [1.54, 1.807) is 0 Å². The first-order valence-electron chi connectivity index (χ1n) is 14.8. The molecule has 1 aliphatic rings. The zero-order chi connectivity index (χ0) is 29.9. The quantitative estimate of drug-likeness (QED) is 0.157. The number of fused-ring (bicyclic) bond motifs is 1. The molecule has 6 aromatic rings. The van der Waals surface area contributed by atoms with Crippen LogP contribution in [-0.4, -0.2) is 54.1 Å². The van der Waals surface area contributed by atoms with Crippen LogP contribution in [0.15, 0.2) is 128 Å². The lowest BCUT2D eigenvalue weighted by Crippen LogP contribution is -2.38. The Bertz CT molecular complexity index is 1800. The molecule has 0 radical (unpaired) electrons. The zero-order valence-electron chi connectivity index (χ0n) is 24.5. The number of morpholine rings is 1. The second-order valence-corrected chi connectivity index (χ2v) is 10.8. The Hall–Kier alpha value is -5.27. The highest BCUT2D eigenvalue weighted by atomic mass is 16.5. The van der Waals surface area contributed by atoms with E-state index in [-0.39, 0.29) is 0 Å². The summed E-state index contributed by atoms with van der Waals surface area (Å²) in [6, 6.07) is 41.1. The van der Waals surface area contributed by atoms with Gasteiger partial charge in [-0.15, -0.1) is 0 Å². The van der Waals surface area contributed by atoms with E-state index in [1.807, 2.05) is 48.7 Å². The van der Waals surface area contributed by atoms with Crippen LogP contribution in [0.1, 0.15) is 27.0 Å². The maximum atomic E-state index is 12.8. The van der Waals surface area contributed by atoms with Crippen LogP contribution in [0.4, 0.5) is 5.82 Å². The Morgan fingerprint density at radius 3 is 1.93 bits per heavy atom. The topological polar surface area (TPSA) is 69.5 Å². The van der Waals surface area contributed by atoms with Gasteiger partial charge in [-0.1, -0.05) is 91.0 Å². The van der Waals surface area contributed by atoms with Crippen molar-refractivity contribution in [2.24, 2.45) is 0 Å². The maximum Gasteiger partial charge on any atom is 0.337 e. The van der Waals surface area contributed by atoms with Gasteiger partial charge in [0.05, 0.1) is 31.4 Å². The number of benzene rings is 4. The van der Waals surface area contributed by atoms with Gasteiger partial charge in [-0.2, -0.15) is 5.10 Å². The highest BCUT2D eigenvalue weighted by Gasteiger charge is 2.41. The fourth-order valence-electron chi connectivity index (χ4n) is 6.27. The van der Waals surface area contributed by atoms with Crippen LogP contribution < -0.4 is 4.90 Å². The maximum absolute atomic E-state index is 12.8. The van der Waals surface area contributed by atoms with Gasteiger partial charge in [-0.3, -0.25) is 0 Å². The van der Waals surface area contributed by atoms with E-state index in [9.17, 15) is 4.79 Å². The Morgan fingerprint density at radius 2 is 1.36 bits per heavy atom. The van der Waals surface area contributed by atoms with Crippen LogP contribution in [0, 0.1) is 0 Å². The van der Waals surface area contributed by atoms with E-state index >= 15 is 0 Å². The van der Waals surface area contributed by atoms with Crippen molar-refractivity contribution in [3.8, 4) is 11.3 Å². The van der Waals surface area contributed by atoms with Gasteiger partial charge in [-0.25, -0.2) is 14.5 Å². The highest BCUT2D eigenvalue weighted by Crippen LogP contribution is 2.44. The fraction of sp³-hybridized carbons (Fsp3) is 0.162. The summed E-state index contributed by atoms with van der Waals surface area (Å²) < 4.78 is 12.8. The molecule has 0 aliphatic carbocycles. The molecule has 1 fully saturated rings. The number of methoxy groups -OCH3 is 1. The molecule has 0 atom stereocenters. The van der Waals surface area contributed by atoms with E-state index in [1.165, 1.54) is 7.11 Å². The molecule has 0 saturated carbocycles. The lowest BCUT2D eigenvalue weighted by Gasteiger charge is -2.37. The molecule has 3 heterocycles.